The molecule has 0 saturated carbocycles. The fourth-order valence-corrected chi connectivity index (χ4v) is 2.75. The zero-order valence-electron chi connectivity index (χ0n) is 14.7. The van der Waals surface area contributed by atoms with Crippen LogP contribution in [0.5, 0.6) is 0 Å². The molecular formula is C18H26N4O3. The molecule has 3 amide bonds. The molecule has 2 N–H and O–H groups in total. The Bertz CT molecular complexity index is 583. The van der Waals surface area contributed by atoms with Crippen LogP contribution in [0.1, 0.15) is 12.0 Å². The summed E-state index contributed by atoms with van der Waals surface area (Å²) in [4.78, 5) is 39.2. The fraction of sp³-hybridized carbons (Fsp3) is 0.500. The van der Waals surface area contributed by atoms with Crippen molar-refractivity contribution in [2.75, 3.05) is 46.3 Å². The summed E-state index contributed by atoms with van der Waals surface area (Å²) in [5.74, 6) is -0.0464. The van der Waals surface area contributed by atoms with E-state index in [9.17, 15) is 14.4 Å². The van der Waals surface area contributed by atoms with Crippen LogP contribution < -0.4 is 10.6 Å². The van der Waals surface area contributed by atoms with E-state index >= 15 is 0 Å². The fourth-order valence-electron chi connectivity index (χ4n) is 2.75. The van der Waals surface area contributed by atoms with E-state index in [0.717, 1.165) is 5.56 Å². The molecule has 136 valence electrons. The Morgan fingerprint density at radius 2 is 1.68 bits per heavy atom. The molecule has 0 aliphatic carbocycles. The first-order valence-corrected chi connectivity index (χ1v) is 8.60. The molecule has 1 heterocycles. The van der Waals surface area contributed by atoms with Crippen molar-refractivity contribution < 1.29 is 14.4 Å². The molecule has 7 nitrogen and oxygen atoms in total. The van der Waals surface area contributed by atoms with Gasteiger partial charge in [-0.15, -0.1) is 0 Å². The number of benzene rings is 1. The van der Waals surface area contributed by atoms with E-state index in [2.05, 4.69) is 10.6 Å². The van der Waals surface area contributed by atoms with Crippen LogP contribution in [-0.2, 0) is 20.8 Å². The van der Waals surface area contributed by atoms with Gasteiger partial charge in [-0.1, -0.05) is 30.3 Å². The van der Waals surface area contributed by atoms with Crippen molar-refractivity contribution in [1.29, 1.82) is 0 Å². The van der Waals surface area contributed by atoms with Gasteiger partial charge in [0.05, 0.1) is 13.0 Å². The van der Waals surface area contributed by atoms with E-state index in [1.165, 1.54) is 0 Å². The second-order valence-corrected chi connectivity index (χ2v) is 6.09. The van der Waals surface area contributed by atoms with Gasteiger partial charge in [0.2, 0.25) is 17.7 Å². The molecule has 0 spiro atoms. The van der Waals surface area contributed by atoms with Crippen molar-refractivity contribution >= 4 is 17.7 Å². The molecule has 1 fully saturated rings. The normalized spacial score (nSPS) is 14.8. The van der Waals surface area contributed by atoms with Crippen molar-refractivity contribution in [3.05, 3.63) is 35.9 Å². The van der Waals surface area contributed by atoms with Gasteiger partial charge in [0.25, 0.3) is 0 Å². The predicted octanol–water partition coefficient (Wildman–Crippen LogP) is -0.374. The lowest BCUT2D eigenvalue weighted by atomic mass is 10.1. The maximum atomic E-state index is 12.2. The van der Waals surface area contributed by atoms with Crippen molar-refractivity contribution in [1.82, 2.24) is 20.4 Å². The molecule has 0 atom stereocenters. The lowest BCUT2D eigenvalue weighted by Crippen LogP contribution is -2.51. The van der Waals surface area contributed by atoms with Crippen LogP contribution in [0.4, 0.5) is 0 Å². The molecule has 1 aliphatic heterocycles. The molecule has 1 saturated heterocycles. The van der Waals surface area contributed by atoms with Gasteiger partial charge in [0.15, 0.2) is 0 Å². The van der Waals surface area contributed by atoms with E-state index in [-0.39, 0.29) is 17.7 Å². The molecule has 0 bridgehead atoms. The summed E-state index contributed by atoms with van der Waals surface area (Å²) in [5, 5.41) is 5.39. The number of hydrogen-bond donors (Lipinski definition) is 2. The number of nitrogens with one attached hydrogen (secondary N) is 2. The summed E-state index contributed by atoms with van der Waals surface area (Å²) in [6.45, 7) is 3.34. The molecule has 2 rings (SSSR count). The third kappa shape index (κ3) is 6.54. The number of carbonyl (C=O) groups is 3. The Kier molecular flexibility index (Phi) is 7.40. The first kappa shape index (κ1) is 18.9. The Morgan fingerprint density at radius 3 is 2.32 bits per heavy atom. The van der Waals surface area contributed by atoms with Crippen LogP contribution in [0, 0.1) is 0 Å². The van der Waals surface area contributed by atoms with E-state index in [1.807, 2.05) is 35.2 Å². The molecule has 25 heavy (non-hydrogen) atoms. The molecule has 0 aromatic heterocycles. The number of likely N-dealkylation sites (N-methyl/N-ethyl adjacent to an activating group) is 1. The minimum Gasteiger partial charge on any atom is -0.358 e. The van der Waals surface area contributed by atoms with Gasteiger partial charge >= 0.3 is 0 Å². The highest BCUT2D eigenvalue weighted by Crippen LogP contribution is 2.04. The third-order valence-corrected chi connectivity index (χ3v) is 4.24. The smallest absolute Gasteiger partial charge is 0.233 e. The van der Waals surface area contributed by atoms with E-state index in [0.29, 0.717) is 52.1 Å². The van der Waals surface area contributed by atoms with Gasteiger partial charge < -0.3 is 15.5 Å². The predicted molar refractivity (Wildman–Crippen MR) is 94.9 cm³/mol. The summed E-state index contributed by atoms with van der Waals surface area (Å²) < 4.78 is 0. The van der Waals surface area contributed by atoms with Crippen molar-refractivity contribution in [3.8, 4) is 0 Å². The maximum Gasteiger partial charge on any atom is 0.233 e. The number of carbonyl (C=O) groups excluding carboxylic acids is 3. The highest BCUT2D eigenvalue weighted by atomic mass is 16.2. The third-order valence-electron chi connectivity index (χ3n) is 4.24. The van der Waals surface area contributed by atoms with Gasteiger partial charge in [0.1, 0.15) is 0 Å². The number of piperazine rings is 1. The van der Waals surface area contributed by atoms with Crippen molar-refractivity contribution in [2.24, 2.45) is 0 Å². The molecular weight excluding hydrogens is 320 g/mol. The summed E-state index contributed by atoms with van der Waals surface area (Å²) in [6.07, 6.45) is 0.628. The highest BCUT2D eigenvalue weighted by Gasteiger charge is 2.21. The lowest BCUT2D eigenvalue weighted by Gasteiger charge is -2.34. The Morgan fingerprint density at radius 1 is 1.00 bits per heavy atom. The number of hydrogen-bond acceptors (Lipinski definition) is 4. The van der Waals surface area contributed by atoms with E-state index in [1.54, 1.807) is 11.9 Å². The lowest BCUT2D eigenvalue weighted by molar-refractivity contribution is -0.133. The average molecular weight is 346 g/mol. The van der Waals surface area contributed by atoms with Gasteiger partial charge in [0, 0.05) is 46.2 Å². The van der Waals surface area contributed by atoms with Crippen LogP contribution >= 0.6 is 0 Å². The zero-order chi connectivity index (χ0) is 18.1. The summed E-state index contributed by atoms with van der Waals surface area (Å²) >= 11 is 0. The summed E-state index contributed by atoms with van der Waals surface area (Å²) in [6, 6.07) is 9.52. The van der Waals surface area contributed by atoms with Crippen LogP contribution in [-0.4, -0.2) is 73.8 Å². The topological polar surface area (TPSA) is 81.8 Å². The van der Waals surface area contributed by atoms with Crippen LogP contribution in [0.2, 0.25) is 0 Å². The SMILES string of the molecule is CNC(=O)CN1CCN(C(=O)CCNC(=O)Cc2ccccc2)CC1. The summed E-state index contributed by atoms with van der Waals surface area (Å²) in [5.41, 5.74) is 0.957. The monoisotopic (exact) mass is 346 g/mol. The maximum absolute atomic E-state index is 12.2. The quantitative estimate of drug-likeness (QED) is 0.706. The second kappa shape index (κ2) is 9.78. The Hall–Kier alpha value is -2.41. The molecule has 0 unspecified atom stereocenters. The molecule has 1 aromatic rings. The van der Waals surface area contributed by atoms with Crippen LogP contribution in [0.15, 0.2) is 30.3 Å². The van der Waals surface area contributed by atoms with Crippen molar-refractivity contribution in [2.45, 2.75) is 12.8 Å². The minimum absolute atomic E-state index is 0.0131. The number of nitrogens with zero attached hydrogens (tertiary/aromatic N) is 2. The average Bonchev–Trinajstić information content (AvgIpc) is 2.63. The summed E-state index contributed by atoms with van der Waals surface area (Å²) in [7, 11) is 1.62. The molecule has 7 heteroatoms. The Balaban J connectivity index is 1.62. The van der Waals surface area contributed by atoms with Crippen LogP contribution in [0.25, 0.3) is 0 Å². The first-order chi connectivity index (χ1) is 12.1. The largest absolute Gasteiger partial charge is 0.358 e. The molecule has 1 aliphatic rings. The zero-order valence-corrected chi connectivity index (χ0v) is 14.7. The van der Waals surface area contributed by atoms with Gasteiger partial charge in [-0.3, -0.25) is 19.3 Å². The number of amides is 3. The van der Waals surface area contributed by atoms with Crippen molar-refractivity contribution in [3.63, 3.8) is 0 Å². The standard InChI is InChI=1S/C18H26N4O3/c1-19-17(24)14-21-9-11-22(12-10-21)18(25)7-8-20-16(23)13-15-5-3-2-4-6-15/h2-6H,7-14H2,1H3,(H,19,24)(H,20,23). The van der Waals surface area contributed by atoms with Crippen LogP contribution in [0.3, 0.4) is 0 Å². The van der Waals surface area contributed by atoms with E-state index < -0.39 is 0 Å². The van der Waals surface area contributed by atoms with Gasteiger partial charge in [-0.05, 0) is 5.56 Å². The second-order valence-electron chi connectivity index (χ2n) is 6.09. The Labute approximate surface area is 148 Å². The van der Waals surface area contributed by atoms with Gasteiger partial charge in [-0.2, -0.15) is 0 Å². The minimum atomic E-state index is -0.0746. The first-order valence-electron chi connectivity index (χ1n) is 8.60. The molecule has 0 radical (unpaired) electrons. The van der Waals surface area contributed by atoms with Gasteiger partial charge in [-0.25, -0.2) is 0 Å². The molecule has 1 aromatic carbocycles. The number of rotatable bonds is 7. The highest BCUT2D eigenvalue weighted by molar-refractivity contribution is 5.80. The van der Waals surface area contributed by atoms with E-state index in [4.69, 9.17) is 0 Å².